The molecule has 138 valence electrons. The van der Waals surface area contributed by atoms with Crippen molar-refractivity contribution in [2.45, 2.75) is 51.1 Å². The average Bonchev–Trinajstić information content (AvgIpc) is 2.99. The minimum absolute atomic E-state index is 0.0735. The Morgan fingerprint density at radius 1 is 1.15 bits per heavy atom. The summed E-state index contributed by atoms with van der Waals surface area (Å²) < 4.78 is 0. The molecule has 0 unspecified atom stereocenters. The lowest BCUT2D eigenvalue weighted by Gasteiger charge is -2.34. The predicted molar refractivity (Wildman–Crippen MR) is 111 cm³/mol. The lowest BCUT2D eigenvalue weighted by Crippen LogP contribution is -2.38. The second-order valence-electron chi connectivity index (χ2n) is 8.34. The zero-order chi connectivity index (χ0) is 18.5. The number of carbonyl (C=O) groups excluding carboxylic acids is 1. The highest BCUT2D eigenvalue weighted by molar-refractivity contribution is 7.98. The van der Waals surface area contributed by atoms with Crippen molar-refractivity contribution in [3.63, 3.8) is 0 Å². The molecule has 0 radical (unpaired) electrons. The van der Waals surface area contributed by atoms with Crippen molar-refractivity contribution in [1.82, 2.24) is 5.32 Å². The number of nitrogens with one attached hydrogen (secondary N) is 2. The Bertz CT molecular complexity index is 833. The van der Waals surface area contributed by atoms with E-state index in [1.54, 1.807) is 23.1 Å². The highest BCUT2D eigenvalue weighted by atomic mass is 32.2. The molecular weight excluding hydrogens is 360 g/mol. The summed E-state index contributed by atoms with van der Waals surface area (Å²) in [5.74, 6) is 0.762. The van der Waals surface area contributed by atoms with Crippen LogP contribution >= 0.6 is 23.1 Å². The van der Waals surface area contributed by atoms with Crippen LogP contribution in [0.4, 0.5) is 5.00 Å². The van der Waals surface area contributed by atoms with Gasteiger partial charge in [0.1, 0.15) is 11.2 Å². The molecule has 2 heterocycles. The molecule has 2 aromatic rings. The fraction of sp³-hybridized carbons (Fsp3) is 0.476. The molecule has 1 amide bonds. The van der Waals surface area contributed by atoms with Gasteiger partial charge in [-0.05, 0) is 60.1 Å². The SMILES string of the molecule is CSc1ccc([C@@H]2NC(=O)c3c(sc4c3CC[C@H](C(C)(C)C)C4)N2)cc1. The van der Waals surface area contributed by atoms with Gasteiger partial charge in [-0.2, -0.15) is 0 Å². The van der Waals surface area contributed by atoms with Gasteiger partial charge in [0.2, 0.25) is 0 Å². The van der Waals surface area contributed by atoms with E-state index in [1.165, 1.54) is 21.8 Å². The van der Waals surface area contributed by atoms with Gasteiger partial charge < -0.3 is 10.6 Å². The monoisotopic (exact) mass is 386 g/mol. The minimum Gasteiger partial charge on any atom is -0.353 e. The molecule has 1 aromatic heterocycles. The third-order valence-electron chi connectivity index (χ3n) is 5.72. The number of hydrogen-bond donors (Lipinski definition) is 2. The maximum Gasteiger partial charge on any atom is 0.256 e. The van der Waals surface area contributed by atoms with E-state index in [4.69, 9.17) is 0 Å². The van der Waals surface area contributed by atoms with E-state index in [2.05, 4.69) is 61.9 Å². The van der Waals surface area contributed by atoms with Crippen molar-refractivity contribution in [3.05, 3.63) is 45.8 Å². The van der Waals surface area contributed by atoms with Crippen LogP contribution in [0, 0.1) is 11.3 Å². The molecule has 0 spiro atoms. The van der Waals surface area contributed by atoms with Crippen LogP contribution < -0.4 is 10.6 Å². The van der Waals surface area contributed by atoms with E-state index in [9.17, 15) is 4.79 Å². The largest absolute Gasteiger partial charge is 0.353 e. The molecule has 3 nitrogen and oxygen atoms in total. The van der Waals surface area contributed by atoms with Crippen LogP contribution in [0.15, 0.2) is 29.2 Å². The molecule has 0 fully saturated rings. The number of benzene rings is 1. The summed E-state index contributed by atoms with van der Waals surface area (Å²) in [5.41, 5.74) is 3.60. The van der Waals surface area contributed by atoms with Crippen molar-refractivity contribution in [2.75, 3.05) is 11.6 Å². The zero-order valence-electron chi connectivity index (χ0n) is 15.8. The normalized spacial score (nSPS) is 22.2. The van der Waals surface area contributed by atoms with Gasteiger partial charge in [-0.25, -0.2) is 0 Å². The van der Waals surface area contributed by atoms with Crippen LogP contribution in [-0.2, 0) is 12.8 Å². The maximum atomic E-state index is 12.9. The van der Waals surface area contributed by atoms with E-state index < -0.39 is 0 Å². The molecule has 1 aliphatic heterocycles. The number of amides is 1. The highest BCUT2D eigenvalue weighted by Crippen LogP contribution is 2.46. The van der Waals surface area contributed by atoms with E-state index in [0.717, 1.165) is 29.0 Å². The van der Waals surface area contributed by atoms with Crippen LogP contribution in [-0.4, -0.2) is 12.2 Å². The molecule has 2 aliphatic rings. The Labute approximate surface area is 164 Å². The van der Waals surface area contributed by atoms with Crippen molar-refractivity contribution in [2.24, 2.45) is 11.3 Å². The minimum atomic E-state index is -0.149. The molecule has 1 aliphatic carbocycles. The third kappa shape index (κ3) is 3.16. The number of anilines is 1. The number of thiophene rings is 1. The van der Waals surface area contributed by atoms with Crippen molar-refractivity contribution >= 4 is 34.0 Å². The summed E-state index contributed by atoms with van der Waals surface area (Å²) >= 11 is 3.52. The van der Waals surface area contributed by atoms with Crippen LogP contribution in [0.2, 0.25) is 0 Å². The fourth-order valence-corrected chi connectivity index (χ4v) is 5.76. The maximum absolute atomic E-state index is 12.9. The van der Waals surface area contributed by atoms with Crippen LogP contribution in [0.1, 0.15) is 59.7 Å². The quantitative estimate of drug-likeness (QED) is 0.672. The molecule has 4 rings (SSSR count). The van der Waals surface area contributed by atoms with Gasteiger partial charge >= 0.3 is 0 Å². The molecule has 5 heteroatoms. The van der Waals surface area contributed by atoms with E-state index in [1.807, 2.05) is 0 Å². The smallest absolute Gasteiger partial charge is 0.256 e. The van der Waals surface area contributed by atoms with Gasteiger partial charge in [0.05, 0.1) is 5.56 Å². The van der Waals surface area contributed by atoms with Crippen molar-refractivity contribution < 1.29 is 4.79 Å². The molecule has 26 heavy (non-hydrogen) atoms. The molecule has 1 aromatic carbocycles. The van der Waals surface area contributed by atoms with E-state index >= 15 is 0 Å². The van der Waals surface area contributed by atoms with Gasteiger partial charge in [-0.3, -0.25) is 4.79 Å². The summed E-state index contributed by atoms with van der Waals surface area (Å²) in [6.45, 7) is 6.99. The molecule has 2 N–H and O–H groups in total. The van der Waals surface area contributed by atoms with Crippen LogP contribution in [0.25, 0.3) is 0 Å². The van der Waals surface area contributed by atoms with Crippen molar-refractivity contribution in [3.8, 4) is 0 Å². The number of rotatable bonds is 2. The summed E-state index contributed by atoms with van der Waals surface area (Å²) in [6, 6.07) is 8.41. The summed E-state index contributed by atoms with van der Waals surface area (Å²) in [5, 5.41) is 7.77. The molecule has 2 atom stereocenters. The van der Waals surface area contributed by atoms with Crippen molar-refractivity contribution in [1.29, 1.82) is 0 Å². The van der Waals surface area contributed by atoms with Crippen LogP contribution in [0.5, 0.6) is 0 Å². The first-order valence-corrected chi connectivity index (χ1v) is 11.3. The predicted octanol–water partition coefficient (Wildman–Crippen LogP) is 5.48. The number of fused-ring (bicyclic) bond motifs is 3. The third-order valence-corrected chi connectivity index (χ3v) is 7.65. The first kappa shape index (κ1) is 17.9. The molecular formula is C21H26N2OS2. The molecule has 0 saturated carbocycles. The Hall–Kier alpha value is -1.46. The van der Waals surface area contributed by atoms with Crippen LogP contribution in [0.3, 0.4) is 0 Å². The van der Waals surface area contributed by atoms with E-state index in [-0.39, 0.29) is 12.1 Å². The summed E-state index contributed by atoms with van der Waals surface area (Å²) in [6.07, 6.45) is 5.21. The fourth-order valence-electron chi connectivity index (χ4n) is 4.00. The number of hydrogen-bond acceptors (Lipinski definition) is 4. The summed E-state index contributed by atoms with van der Waals surface area (Å²) in [4.78, 5) is 15.5. The Kier molecular flexibility index (Phi) is 4.56. The first-order valence-electron chi connectivity index (χ1n) is 9.22. The zero-order valence-corrected chi connectivity index (χ0v) is 17.4. The van der Waals surface area contributed by atoms with E-state index in [0.29, 0.717) is 11.3 Å². The Morgan fingerprint density at radius 3 is 2.54 bits per heavy atom. The second-order valence-corrected chi connectivity index (χ2v) is 10.3. The number of thioether (sulfide) groups is 1. The van der Waals surface area contributed by atoms with Gasteiger partial charge in [0.25, 0.3) is 5.91 Å². The lowest BCUT2D eigenvalue weighted by molar-refractivity contribution is 0.0935. The topological polar surface area (TPSA) is 41.1 Å². The Morgan fingerprint density at radius 2 is 1.88 bits per heavy atom. The summed E-state index contributed by atoms with van der Waals surface area (Å²) in [7, 11) is 0. The number of carbonyl (C=O) groups is 1. The lowest BCUT2D eigenvalue weighted by atomic mass is 9.72. The Balaban J connectivity index is 1.62. The average molecular weight is 387 g/mol. The second kappa shape index (κ2) is 6.61. The highest BCUT2D eigenvalue weighted by Gasteiger charge is 2.36. The molecule has 0 saturated heterocycles. The van der Waals surface area contributed by atoms with Gasteiger partial charge in [0.15, 0.2) is 0 Å². The first-order chi connectivity index (χ1) is 12.4. The van der Waals surface area contributed by atoms with Gasteiger partial charge in [0, 0.05) is 9.77 Å². The van der Waals surface area contributed by atoms with Gasteiger partial charge in [-0.15, -0.1) is 23.1 Å². The standard InChI is InChI=1S/C21H26N2OS2/c1-21(2,3)13-7-10-15-16(11-13)26-20-17(15)19(24)22-18(23-20)12-5-8-14(25-4)9-6-12/h5-6,8-9,13,18,23H,7,10-11H2,1-4H3,(H,22,24)/t13-,18+/m0/s1. The molecule has 0 bridgehead atoms. The van der Waals surface area contributed by atoms with Gasteiger partial charge in [-0.1, -0.05) is 32.9 Å².